The van der Waals surface area contributed by atoms with Crippen molar-refractivity contribution in [3.05, 3.63) is 58.7 Å². The summed E-state index contributed by atoms with van der Waals surface area (Å²) in [4.78, 5) is 11.9. The van der Waals surface area contributed by atoms with E-state index in [0.29, 0.717) is 0 Å². The van der Waals surface area contributed by atoms with Crippen LogP contribution < -0.4 is 21.7 Å². The molecule has 5 heteroatoms. The second-order valence-corrected chi connectivity index (χ2v) is 5.36. The molecule has 2 aromatic rings. The predicted octanol–water partition coefficient (Wildman–Crippen LogP) is 3.57. The first-order chi connectivity index (χ1) is 10.5. The molecule has 116 valence electrons. The molecule has 5 nitrogen and oxygen atoms in total. The first kappa shape index (κ1) is 15.7. The van der Waals surface area contributed by atoms with Gasteiger partial charge in [0.05, 0.1) is 11.4 Å². The van der Waals surface area contributed by atoms with Gasteiger partial charge >= 0.3 is 6.03 Å². The molecule has 0 aliphatic carbocycles. The highest BCUT2D eigenvalue weighted by Crippen LogP contribution is 2.19. The van der Waals surface area contributed by atoms with Crippen LogP contribution in [-0.2, 0) is 0 Å². The summed E-state index contributed by atoms with van der Waals surface area (Å²) in [5.74, 6) is 0. The molecule has 0 spiro atoms. The van der Waals surface area contributed by atoms with E-state index >= 15 is 0 Å². The second kappa shape index (κ2) is 6.85. The zero-order chi connectivity index (χ0) is 16.1. The molecule has 0 aliphatic rings. The summed E-state index contributed by atoms with van der Waals surface area (Å²) in [5, 5.41) is 0. The van der Waals surface area contributed by atoms with Crippen LogP contribution >= 0.6 is 0 Å². The molecule has 2 rings (SSSR count). The molecular weight excluding hydrogens is 276 g/mol. The molecule has 0 radical (unpaired) electrons. The number of nitrogens with one attached hydrogen (secondary N) is 4. The number of hydrogen-bond acceptors (Lipinski definition) is 3. The smallest absolute Gasteiger partial charge is 0.297 e. The average molecular weight is 298 g/mol. The lowest BCUT2D eigenvalue weighted by atomic mass is 10.1. The molecule has 0 aromatic heterocycles. The normalized spacial score (nSPS) is 10.0. The van der Waals surface area contributed by atoms with Gasteiger partial charge < -0.3 is 0 Å². The van der Waals surface area contributed by atoms with E-state index in [0.717, 1.165) is 33.6 Å². The number of aryl methyl sites for hydroxylation is 4. The third-order valence-corrected chi connectivity index (χ3v) is 3.56. The van der Waals surface area contributed by atoms with Gasteiger partial charge in [-0.1, -0.05) is 36.4 Å². The van der Waals surface area contributed by atoms with Crippen LogP contribution in [0.2, 0.25) is 0 Å². The number of rotatable bonds is 4. The Morgan fingerprint density at radius 2 is 1.00 bits per heavy atom. The van der Waals surface area contributed by atoms with Gasteiger partial charge in [0.2, 0.25) is 0 Å². The molecule has 0 saturated heterocycles. The minimum atomic E-state index is -0.356. The Morgan fingerprint density at radius 3 is 1.32 bits per heavy atom. The Morgan fingerprint density at radius 1 is 0.682 bits per heavy atom. The van der Waals surface area contributed by atoms with E-state index in [9.17, 15) is 4.79 Å². The molecule has 0 atom stereocenters. The molecule has 0 aliphatic heterocycles. The van der Waals surface area contributed by atoms with E-state index in [2.05, 4.69) is 21.7 Å². The van der Waals surface area contributed by atoms with Crippen molar-refractivity contribution >= 4 is 17.4 Å². The van der Waals surface area contributed by atoms with E-state index in [-0.39, 0.29) is 6.03 Å². The van der Waals surface area contributed by atoms with E-state index in [1.165, 1.54) is 0 Å². The van der Waals surface area contributed by atoms with Gasteiger partial charge in [0.25, 0.3) is 0 Å². The van der Waals surface area contributed by atoms with Crippen LogP contribution in [0.4, 0.5) is 16.2 Å². The summed E-state index contributed by atoms with van der Waals surface area (Å²) >= 11 is 0. The lowest BCUT2D eigenvalue weighted by Gasteiger charge is -2.16. The maximum Gasteiger partial charge on any atom is 0.352 e. The topological polar surface area (TPSA) is 65.2 Å². The third-order valence-electron chi connectivity index (χ3n) is 3.56. The molecule has 2 aromatic carbocycles. The number of anilines is 2. The molecular formula is C17H22N4O. The molecule has 0 saturated carbocycles. The number of carbonyl (C=O) groups excluding carboxylic acids is 1. The van der Waals surface area contributed by atoms with Crippen LogP contribution in [0.5, 0.6) is 0 Å². The monoisotopic (exact) mass is 298 g/mol. The molecule has 0 heterocycles. The average Bonchev–Trinajstić information content (AvgIpc) is 2.46. The Hall–Kier alpha value is -2.69. The van der Waals surface area contributed by atoms with Gasteiger partial charge in [0, 0.05) is 0 Å². The largest absolute Gasteiger partial charge is 0.352 e. The van der Waals surface area contributed by atoms with E-state index in [1.807, 2.05) is 64.1 Å². The number of hydrazine groups is 2. The van der Waals surface area contributed by atoms with Gasteiger partial charge in [0.1, 0.15) is 0 Å². The second-order valence-electron chi connectivity index (χ2n) is 5.36. The van der Waals surface area contributed by atoms with Crippen molar-refractivity contribution in [2.75, 3.05) is 10.9 Å². The Kier molecular flexibility index (Phi) is 4.88. The Balaban J connectivity index is 1.91. The van der Waals surface area contributed by atoms with Crippen LogP contribution in [-0.4, -0.2) is 6.03 Å². The van der Waals surface area contributed by atoms with Gasteiger partial charge in [-0.05, 0) is 49.9 Å². The van der Waals surface area contributed by atoms with Crippen LogP contribution in [0.1, 0.15) is 22.3 Å². The summed E-state index contributed by atoms with van der Waals surface area (Å²) in [6.07, 6.45) is 0. The third kappa shape index (κ3) is 3.69. The fourth-order valence-corrected chi connectivity index (χ4v) is 2.29. The number of hydrogen-bond donors (Lipinski definition) is 4. The summed E-state index contributed by atoms with van der Waals surface area (Å²) < 4.78 is 0. The Bertz CT molecular complexity index is 584. The molecule has 0 unspecified atom stereocenters. The molecule has 0 fully saturated rings. The van der Waals surface area contributed by atoms with Gasteiger partial charge in [0.15, 0.2) is 0 Å². The molecule has 0 bridgehead atoms. The van der Waals surface area contributed by atoms with Crippen molar-refractivity contribution in [1.82, 2.24) is 10.9 Å². The zero-order valence-corrected chi connectivity index (χ0v) is 13.4. The molecule has 22 heavy (non-hydrogen) atoms. The summed E-state index contributed by atoms with van der Waals surface area (Å²) in [5.41, 5.74) is 17.2. The maximum absolute atomic E-state index is 11.9. The highest BCUT2D eigenvalue weighted by atomic mass is 16.2. The highest BCUT2D eigenvalue weighted by Gasteiger charge is 2.05. The Labute approximate surface area is 131 Å². The number of carbonyl (C=O) groups is 1. The lowest BCUT2D eigenvalue weighted by molar-refractivity contribution is 0.244. The molecule has 2 amide bonds. The van der Waals surface area contributed by atoms with Crippen LogP contribution in [0, 0.1) is 27.7 Å². The summed E-state index contributed by atoms with van der Waals surface area (Å²) in [6.45, 7) is 7.96. The van der Waals surface area contributed by atoms with Crippen molar-refractivity contribution in [3.63, 3.8) is 0 Å². The van der Waals surface area contributed by atoms with Gasteiger partial charge in [-0.25, -0.2) is 4.79 Å². The van der Waals surface area contributed by atoms with E-state index < -0.39 is 0 Å². The molecule has 4 N–H and O–H groups in total. The van der Waals surface area contributed by atoms with Gasteiger partial charge in [-0.15, -0.1) is 0 Å². The highest BCUT2D eigenvalue weighted by molar-refractivity contribution is 5.78. The number of urea groups is 1. The summed E-state index contributed by atoms with van der Waals surface area (Å²) in [6, 6.07) is 11.6. The minimum Gasteiger partial charge on any atom is -0.297 e. The van der Waals surface area contributed by atoms with Crippen molar-refractivity contribution in [3.8, 4) is 0 Å². The zero-order valence-electron chi connectivity index (χ0n) is 13.4. The van der Waals surface area contributed by atoms with Crippen LogP contribution in [0.3, 0.4) is 0 Å². The van der Waals surface area contributed by atoms with Gasteiger partial charge in [-0.2, -0.15) is 0 Å². The SMILES string of the molecule is Cc1cccc(C)c1NNC(=O)NNc1c(C)cccc1C. The van der Waals surface area contributed by atoms with E-state index in [1.54, 1.807) is 0 Å². The first-order valence-electron chi connectivity index (χ1n) is 7.19. The lowest BCUT2D eigenvalue weighted by Crippen LogP contribution is -2.42. The van der Waals surface area contributed by atoms with Crippen molar-refractivity contribution in [1.29, 1.82) is 0 Å². The van der Waals surface area contributed by atoms with Crippen LogP contribution in [0.25, 0.3) is 0 Å². The van der Waals surface area contributed by atoms with E-state index in [4.69, 9.17) is 0 Å². The standard InChI is InChI=1S/C17H22N4O/c1-11-7-5-8-12(2)15(11)18-20-17(22)21-19-16-13(3)9-6-10-14(16)4/h5-10,18-19H,1-4H3,(H2,20,21,22). The quantitative estimate of drug-likeness (QED) is 0.652. The van der Waals surface area contributed by atoms with Crippen molar-refractivity contribution in [2.24, 2.45) is 0 Å². The number of para-hydroxylation sites is 2. The van der Waals surface area contributed by atoms with Gasteiger partial charge in [-0.3, -0.25) is 21.7 Å². The number of benzene rings is 2. The van der Waals surface area contributed by atoms with Crippen molar-refractivity contribution in [2.45, 2.75) is 27.7 Å². The van der Waals surface area contributed by atoms with Crippen LogP contribution in [0.15, 0.2) is 36.4 Å². The first-order valence-corrected chi connectivity index (χ1v) is 7.19. The van der Waals surface area contributed by atoms with Crippen molar-refractivity contribution < 1.29 is 4.79 Å². The minimum absolute atomic E-state index is 0.356. The number of amides is 2. The maximum atomic E-state index is 11.9. The fraction of sp³-hybridized carbons (Fsp3) is 0.235. The predicted molar refractivity (Wildman–Crippen MR) is 90.7 cm³/mol. The summed E-state index contributed by atoms with van der Waals surface area (Å²) in [7, 11) is 0. The fourth-order valence-electron chi connectivity index (χ4n) is 2.29.